The molecule has 1 amide bonds. The van der Waals surface area contributed by atoms with Gasteiger partial charge in [0.05, 0.1) is 13.2 Å². The molecule has 0 aliphatic carbocycles. The van der Waals surface area contributed by atoms with Gasteiger partial charge >= 0.3 is 18.1 Å². The minimum atomic E-state index is -5.09. The SMILES string of the molecule is COC(=O)[C@@H]1C=C[C@H](C)[C@@H](c2ccc(Br)cc2)N1C(=O)C(F)(F)F. The summed E-state index contributed by atoms with van der Waals surface area (Å²) in [5.41, 5.74) is 0.501. The van der Waals surface area contributed by atoms with E-state index >= 15 is 0 Å². The largest absolute Gasteiger partial charge is 0.471 e. The van der Waals surface area contributed by atoms with Gasteiger partial charge in [-0.2, -0.15) is 13.2 Å². The summed E-state index contributed by atoms with van der Waals surface area (Å²) in [5, 5.41) is 0. The molecule has 0 saturated heterocycles. The van der Waals surface area contributed by atoms with E-state index in [0.29, 0.717) is 10.5 Å². The van der Waals surface area contributed by atoms with Gasteiger partial charge < -0.3 is 9.64 Å². The van der Waals surface area contributed by atoms with Crippen molar-refractivity contribution in [2.45, 2.75) is 25.2 Å². The van der Waals surface area contributed by atoms with Crippen molar-refractivity contribution in [3.05, 3.63) is 46.5 Å². The second-order valence-electron chi connectivity index (χ2n) is 5.42. The highest BCUT2D eigenvalue weighted by molar-refractivity contribution is 9.10. The number of hydrogen-bond acceptors (Lipinski definition) is 3. The van der Waals surface area contributed by atoms with Gasteiger partial charge in [-0.25, -0.2) is 4.79 Å². The van der Waals surface area contributed by atoms with Crippen molar-refractivity contribution in [1.29, 1.82) is 0 Å². The number of amides is 1. The monoisotopic (exact) mass is 405 g/mol. The Morgan fingerprint density at radius 1 is 1.17 bits per heavy atom. The molecule has 1 heterocycles. The number of hydrogen-bond donors (Lipinski definition) is 0. The minimum absolute atomic E-state index is 0.404. The molecular formula is C16H15BrF3NO3. The molecule has 0 radical (unpaired) electrons. The van der Waals surface area contributed by atoms with Crippen molar-refractivity contribution in [2.24, 2.45) is 5.92 Å². The maximum Gasteiger partial charge on any atom is 0.471 e. The van der Waals surface area contributed by atoms with Gasteiger partial charge in [-0.05, 0) is 23.6 Å². The Kier molecular flexibility index (Phi) is 5.37. The van der Waals surface area contributed by atoms with Crippen LogP contribution in [0.1, 0.15) is 18.5 Å². The van der Waals surface area contributed by atoms with Crippen LogP contribution in [-0.4, -0.2) is 36.1 Å². The van der Waals surface area contributed by atoms with Crippen LogP contribution in [0.25, 0.3) is 0 Å². The second kappa shape index (κ2) is 6.96. The zero-order valence-corrected chi connectivity index (χ0v) is 14.5. The van der Waals surface area contributed by atoms with Crippen molar-refractivity contribution >= 4 is 27.8 Å². The Labute approximate surface area is 145 Å². The lowest BCUT2D eigenvalue weighted by Crippen LogP contribution is -2.54. The van der Waals surface area contributed by atoms with Crippen molar-refractivity contribution in [3.63, 3.8) is 0 Å². The van der Waals surface area contributed by atoms with Crippen LogP contribution in [0.4, 0.5) is 13.2 Å². The number of halogens is 4. The number of carbonyl (C=O) groups is 2. The Hall–Kier alpha value is -1.83. The van der Waals surface area contributed by atoms with Gasteiger partial charge in [0.2, 0.25) is 0 Å². The molecule has 0 bridgehead atoms. The molecule has 1 aromatic rings. The molecule has 0 spiro atoms. The lowest BCUT2D eigenvalue weighted by Gasteiger charge is -2.41. The number of methoxy groups -OCH3 is 1. The van der Waals surface area contributed by atoms with Crippen molar-refractivity contribution in [1.82, 2.24) is 4.90 Å². The fourth-order valence-corrected chi connectivity index (χ4v) is 3.01. The predicted molar refractivity (Wildman–Crippen MR) is 83.9 cm³/mol. The molecule has 0 unspecified atom stereocenters. The molecule has 1 aromatic carbocycles. The molecular weight excluding hydrogens is 391 g/mol. The highest BCUT2D eigenvalue weighted by atomic mass is 79.9. The van der Waals surface area contributed by atoms with Crippen LogP contribution in [0.5, 0.6) is 0 Å². The molecule has 0 fully saturated rings. The smallest absolute Gasteiger partial charge is 0.467 e. The topological polar surface area (TPSA) is 46.6 Å². The van der Waals surface area contributed by atoms with E-state index in [1.807, 2.05) is 0 Å². The lowest BCUT2D eigenvalue weighted by atomic mass is 9.87. The summed E-state index contributed by atoms with van der Waals surface area (Å²) in [6, 6.07) is 4.23. The minimum Gasteiger partial charge on any atom is -0.467 e. The summed E-state index contributed by atoms with van der Waals surface area (Å²) in [6.45, 7) is 1.69. The molecule has 0 aromatic heterocycles. The molecule has 8 heteroatoms. The van der Waals surface area contributed by atoms with E-state index in [1.54, 1.807) is 37.3 Å². The van der Waals surface area contributed by atoms with Gasteiger partial charge in [0.15, 0.2) is 0 Å². The third-order valence-electron chi connectivity index (χ3n) is 3.83. The van der Waals surface area contributed by atoms with Crippen molar-refractivity contribution < 1.29 is 27.5 Å². The van der Waals surface area contributed by atoms with Crippen LogP contribution in [-0.2, 0) is 14.3 Å². The van der Waals surface area contributed by atoms with Gasteiger partial charge in [0, 0.05) is 4.47 Å². The van der Waals surface area contributed by atoms with Crippen LogP contribution >= 0.6 is 15.9 Å². The van der Waals surface area contributed by atoms with Crippen LogP contribution in [0.3, 0.4) is 0 Å². The second-order valence-corrected chi connectivity index (χ2v) is 6.33. The van der Waals surface area contributed by atoms with Crippen LogP contribution in [0.2, 0.25) is 0 Å². The standard InChI is InChI=1S/C16H15BrF3NO3/c1-9-3-8-12(14(22)24-2)21(15(23)16(18,19)20)13(9)10-4-6-11(17)7-5-10/h3-9,12-13H,1-2H3/t9-,12-,13-/m0/s1. The first-order valence-electron chi connectivity index (χ1n) is 7.08. The van der Waals surface area contributed by atoms with Crippen LogP contribution < -0.4 is 0 Å². The number of esters is 1. The molecule has 3 atom stereocenters. The summed E-state index contributed by atoms with van der Waals surface area (Å²) in [7, 11) is 1.07. The first kappa shape index (κ1) is 18.5. The Bertz CT molecular complexity index is 658. The normalized spacial score (nSPS) is 23.9. The van der Waals surface area contributed by atoms with Crippen molar-refractivity contribution in [2.75, 3.05) is 7.11 Å². The molecule has 0 saturated carbocycles. The molecule has 1 aliphatic heterocycles. The molecule has 4 nitrogen and oxygen atoms in total. The first-order valence-corrected chi connectivity index (χ1v) is 7.87. The molecule has 130 valence electrons. The van der Waals surface area contributed by atoms with E-state index < -0.39 is 36.1 Å². The van der Waals surface area contributed by atoms with E-state index in [1.165, 1.54) is 6.08 Å². The number of rotatable bonds is 2. The maximum absolute atomic E-state index is 13.1. The third-order valence-corrected chi connectivity index (χ3v) is 4.35. The highest BCUT2D eigenvalue weighted by Crippen LogP contribution is 2.38. The van der Waals surface area contributed by atoms with Crippen LogP contribution in [0, 0.1) is 5.92 Å². The predicted octanol–water partition coefficient (Wildman–Crippen LogP) is 3.63. The van der Waals surface area contributed by atoms with E-state index in [4.69, 9.17) is 0 Å². The summed E-state index contributed by atoms with van der Waals surface area (Å²) < 4.78 is 44.6. The molecule has 1 aliphatic rings. The average molecular weight is 406 g/mol. The third kappa shape index (κ3) is 3.63. The molecule has 24 heavy (non-hydrogen) atoms. The highest BCUT2D eigenvalue weighted by Gasteiger charge is 2.50. The number of alkyl halides is 3. The van der Waals surface area contributed by atoms with Gasteiger partial charge in [-0.3, -0.25) is 4.79 Å². The Balaban J connectivity index is 2.55. The molecule has 2 rings (SSSR count). The summed E-state index contributed by atoms with van der Waals surface area (Å²) >= 11 is 3.26. The van der Waals surface area contributed by atoms with E-state index in [-0.39, 0.29) is 0 Å². The first-order chi connectivity index (χ1) is 11.2. The summed E-state index contributed by atoms with van der Waals surface area (Å²) in [4.78, 5) is 24.5. The Morgan fingerprint density at radius 3 is 2.25 bits per heavy atom. The van der Waals surface area contributed by atoms with E-state index in [2.05, 4.69) is 20.7 Å². The van der Waals surface area contributed by atoms with Crippen molar-refractivity contribution in [3.8, 4) is 0 Å². The average Bonchev–Trinajstić information content (AvgIpc) is 2.53. The number of benzene rings is 1. The van der Waals surface area contributed by atoms with Crippen LogP contribution in [0.15, 0.2) is 40.9 Å². The zero-order chi connectivity index (χ0) is 18.1. The Morgan fingerprint density at radius 2 is 1.75 bits per heavy atom. The quantitative estimate of drug-likeness (QED) is 0.557. The summed E-state index contributed by atoms with van der Waals surface area (Å²) in [5.74, 6) is -3.39. The van der Waals surface area contributed by atoms with E-state index in [0.717, 1.165) is 11.6 Å². The van der Waals surface area contributed by atoms with Gasteiger partial charge in [0.25, 0.3) is 0 Å². The fourth-order valence-electron chi connectivity index (χ4n) is 2.74. The number of ether oxygens (including phenoxy) is 1. The lowest BCUT2D eigenvalue weighted by molar-refractivity contribution is -0.193. The fraction of sp³-hybridized carbons (Fsp3) is 0.375. The molecule has 0 N–H and O–H groups in total. The number of carbonyl (C=O) groups excluding carboxylic acids is 2. The number of nitrogens with zero attached hydrogens (tertiary/aromatic N) is 1. The zero-order valence-electron chi connectivity index (χ0n) is 12.9. The summed E-state index contributed by atoms with van der Waals surface area (Å²) in [6.07, 6.45) is -2.20. The van der Waals surface area contributed by atoms with Gasteiger partial charge in [-0.15, -0.1) is 0 Å². The van der Waals surface area contributed by atoms with E-state index in [9.17, 15) is 22.8 Å². The maximum atomic E-state index is 13.1. The van der Waals surface area contributed by atoms with Gasteiger partial charge in [0.1, 0.15) is 6.04 Å². The van der Waals surface area contributed by atoms with Gasteiger partial charge in [-0.1, -0.05) is 47.1 Å².